The number of hydrogen-bond acceptors (Lipinski definition) is 4. The molecule has 2 unspecified atom stereocenters. The van der Waals surface area contributed by atoms with Crippen LogP contribution in [0, 0.1) is 22.6 Å². The van der Waals surface area contributed by atoms with Crippen LogP contribution in [0.1, 0.15) is 30.7 Å². The van der Waals surface area contributed by atoms with E-state index in [1.54, 1.807) is 0 Å². The van der Waals surface area contributed by atoms with Crippen LogP contribution in [0.25, 0.3) is 0 Å². The Bertz CT molecular complexity index is 553. The summed E-state index contributed by atoms with van der Waals surface area (Å²) >= 11 is 0. The van der Waals surface area contributed by atoms with E-state index in [1.165, 1.54) is 12.2 Å². The van der Waals surface area contributed by atoms with Crippen LogP contribution in [0.3, 0.4) is 0 Å². The molecule has 3 rings (SSSR count). The highest BCUT2D eigenvalue weighted by molar-refractivity contribution is 5.27. The lowest BCUT2D eigenvalue weighted by Crippen LogP contribution is -2.40. The largest absolute Gasteiger partial charge is 0.378 e. The lowest BCUT2D eigenvalue weighted by Gasteiger charge is -2.42. The summed E-state index contributed by atoms with van der Waals surface area (Å²) in [5.74, 6) is -0.00440. The predicted molar refractivity (Wildman–Crippen MR) is 88.3 cm³/mol. The topological polar surface area (TPSA) is 55.6 Å². The van der Waals surface area contributed by atoms with Crippen LogP contribution in [0.5, 0.6) is 0 Å². The number of ether oxygens (including phenoxy) is 1. The van der Waals surface area contributed by atoms with Gasteiger partial charge in [0.05, 0.1) is 13.2 Å². The maximum atomic E-state index is 11.2. The maximum Gasteiger partial charge on any atom is 0.0642 e. The molecule has 0 bridgehead atoms. The van der Waals surface area contributed by atoms with Gasteiger partial charge in [-0.05, 0) is 25.2 Å². The number of nitrogens with zero attached hydrogens (tertiary/aromatic N) is 2. The summed E-state index contributed by atoms with van der Waals surface area (Å²) in [6.45, 7) is 4.50. The van der Waals surface area contributed by atoms with E-state index in [2.05, 4.69) is 11.0 Å². The van der Waals surface area contributed by atoms with Crippen LogP contribution in [-0.2, 0) is 4.74 Å². The Morgan fingerprint density at radius 2 is 2.00 bits per heavy atom. The van der Waals surface area contributed by atoms with Crippen LogP contribution < -0.4 is 0 Å². The first-order valence-electron chi connectivity index (χ1n) is 8.32. The van der Waals surface area contributed by atoms with Gasteiger partial charge >= 0.3 is 0 Å². The number of allylic oxidation sites excluding steroid dienone is 2. The second-order valence-corrected chi connectivity index (χ2v) is 6.14. The fraction of sp³-hybridized carbons (Fsp3) is 0.500. The third kappa shape index (κ3) is 3.85. The summed E-state index contributed by atoms with van der Waals surface area (Å²) in [7, 11) is 0. The van der Waals surface area contributed by atoms with Gasteiger partial charge in [0.25, 0.3) is 0 Å². The van der Waals surface area contributed by atoms with Gasteiger partial charge in [-0.2, -0.15) is 0 Å². The minimum absolute atomic E-state index is 0.176. The molecule has 1 saturated heterocycles. The smallest absolute Gasteiger partial charge is 0.0642 e. The van der Waals surface area contributed by atoms with E-state index in [-0.39, 0.29) is 16.8 Å². The van der Waals surface area contributed by atoms with Gasteiger partial charge in [0.1, 0.15) is 0 Å². The Morgan fingerprint density at radius 3 is 2.70 bits per heavy atom. The first-order chi connectivity index (χ1) is 11.3. The molecule has 0 aromatic heterocycles. The molecule has 0 saturated carbocycles. The molecule has 23 heavy (non-hydrogen) atoms. The molecule has 0 N–H and O–H groups in total. The number of benzene rings is 1. The Hall–Kier alpha value is -2.01. The van der Waals surface area contributed by atoms with Gasteiger partial charge < -0.3 is 9.64 Å². The molecular weight excluding hydrogens is 292 g/mol. The van der Waals surface area contributed by atoms with Gasteiger partial charge in [0, 0.05) is 18.8 Å². The molecule has 1 heterocycles. The summed E-state index contributed by atoms with van der Waals surface area (Å²) < 4.78 is 5.45. The number of rotatable bonds is 5. The van der Waals surface area contributed by atoms with Crippen molar-refractivity contribution >= 4 is 0 Å². The van der Waals surface area contributed by atoms with Crippen molar-refractivity contribution in [1.82, 2.24) is 4.90 Å². The first kappa shape index (κ1) is 15.9. The average molecular weight is 315 g/mol. The molecule has 2 aliphatic rings. The SMILES string of the molecule is O=[N+]([O-])[CH-]C(c1ccccc1)C1CCCC=C1N1CCOCC1. The molecule has 1 aromatic rings. The molecule has 2 atom stereocenters. The van der Waals surface area contributed by atoms with Gasteiger partial charge in [-0.3, -0.25) is 10.1 Å². The van der Waals surface area contributed by atoms with Crippen molar-refractivity contribution < 1.29 is 9.66 Å². The fourth-order valence-corrected chi connectivity index (χ4v) is 3.66. The van der Waals surface area contributed by atoms with E-state index >= 15 is 0 Å². The highest BCUT2D eigenvalue weighted by atomic mass is 16.6. The summed E-state index contributed by atoms with van der Waals surface area (Å²) in [5, 5.41) is 11.2. The van der Waals surface area contributed by atoms with Crippen LogP contribution >= 0.6 is 0 Å². The van der Waals surface area contributed by atoms with Crippen molar-refractivity contribution in [2.45, 2.75) is 25.2 Å². The predicted octanol–water partition coefficient (Wildman–Crippen LogP) is 3.22. The van der Waals surface area contributed by atoms with Crippen molar-refractivity contribution in [2.24, 2.45) is 5.92 Å². The first-order valence-corrected chi connectivity index (χ1v) is 8.32. The van der Waals surface area contributed by atoms with Crippen LogP contribution in [0.4, 0.5) is 0 Å². The highest BCUT2D eigenvalue weighted by Crippen LogP contribution is 2.40. The Labute approximate surface area is 137 Å². The lowest BCUT2D eigenvalue weighted by atomic mass is 9.77. The number of morpholine rings is 1. The van der Waals surface area contributed by atoms with Gasteiger partial charge in [-0.1, -0.05) is 54.4 Å². The standard InChI is InChI=1S/C18H23N2O3/c21-20(22)14-17(15-6-2-1-3-7-15)16-8-4-5-9-18(16)19-10-12-23-13-11-19/h1-3,6-7,9,14,16-17H,4-5,8,10-13H2/q-1. The minimum atomic E-state index is -0.288. The molecule has 124 valence electrons. The Kier molecular flexibility index (Phi) is 5.18. The molecule has 1 aromatic carbocycles. The van der Waals surface area contributed by atoms with E-state index in [1.807, 2.05) is 30.3 Å². The van der Waals surface area contributed by atoms with Crippen molar-refractivity contribution in [2.75, 3.05) is 26.3 Å². The van der Waals surface area contributed by atoms with Crippen molar-refractivity contribution in [3.63, 3.8) is 0 Å². The molecular formula is C18H23N2O3-. The maximum absolute atomic E-state index is 11.2. The van der Waals surface area contributed by atoms with Crippen molar-refractivity contribution in [3.8, 4) is 0 Å². The highest BCUT2D eigenvalue weighted by Gasteiger charge is 2.29. The zero-order valence-corrected chi connectivity index (χ0v) is 13.3. The van der Waals surface area contributed by atoms with Gasteiger partial charge in [-0.15, -0.1) is 4.92 Å². The van der Waals surface area contributed by atoms with Crippen LogP contribution in [-0.4, -0.2) is 36.1 Å². The minimum Gasteiger partial charge on any atom is -0.378 e. The zero-order valence-electron chi connectivity index (χ0n) is 13.3. The monoisotopic (exact) mass is 315 g/mol. The quantitative estimate of drug-likeness (QED) is 0.475. The Balaban J connectivity index is 1.88. The molecule has 0 radical (unpaired) electrons. The Morgan fingerprint density at radius 1 is 1.26 bits per heavy atom. The van der Waals surface area contributed by atoms with Gasteiger partial charge in [-0.25, -0.2) is 0 Å². The summed E-state index contributed by atoms with van der Waals surface area (Å²) in [5.41, 5.74) is 2.29. The summed E-state index contributed by atoms with van der Waals surface area (Å²) in [4.78, 5) is 13.3. The molecule has 0 amide bonds. The zero-order chi connectivity index (χ0) is 16.1. The second kappa shape index (κ2) is 7.51. The van der Waals surface area contributed by atoms with Crippen LogP contribution in [0.2, 0.25) is 0 Å². The molecule has 0 spiro atoms. The van der Waals surface area contributed by atoms with Crippen molar-refractivity contribution in [1.29, 1.82) is 0 Å². The lowest BCUT2D eigenvalue weighted by molar-refractivity contribution is -0.441. The van der Waals surface area contributed by atoms with Crippen LogP contribution in [0.15, 0.2) is 42.1 Å². The van der Waals surface area contributed by atoms with E-state index in [4.69, 9.17) is 4.74 Å². The van der Waals surface area contributed by atoms with E-state index < -0.39 is 0 Å². The average Bonchev–Trinajstić information content (AvgIpc) is 2.61. The molecule has 1 aliphatic carbocycles. The van der Waals surface area contributed by atoms with E-state index in [0.717, 1.165) is 51.1 Å². The normalized spacial score (nSPS) is 23.0. The summed E-state index contributed by atoms with van der Waals surface area (Å²) in [6.07, 6.45) is 5.42. The molecule has 1 aliphatic heterocycles. The molecule has 5 nitrogen and oxygen atoms in total. The van der Waals surface area contributed by atoms with E-state index in [0.29, 0.717) is 0 Å². The molecule has 5 heteroatoms. The van der Waals surface area contributed by atoms with Gasteiger partial charge in [0.15, 0.2) is 0 Å². The third-order valence-electron chi connectivity index (χ3n) is 4.73. The van der Waals surface area contributed by atoms with Gasteiger partial charge in [0.2, 0.25) is 0 Å². The fourth-order valence-electron chi connectivity index (χ4n) is 3.66. The molecule has 1 fully saturated rings. The van der Waals surface area contributed by atoms with Crippen molar-refractivity contribution in [3.05, 3.63) is 64.3 Å². The number of hydrogen-bond donors (Lipinski definition) is 0. The second-order valence-electron chi connectivity index (χ2n) is 6.14. The summed E-state index contributed by atoms with van der Waals surface area (Å²) in [6, 6.07) is 9.85. The van der Waals surface area contributed by atoms with E-state index in [9.17, 15) is 10.1 Å². The third-order valence-corrected chi connectivity index (χ3v) is 4.73. The number of nitro groups is 1.